The highest BCUT2D eigenvalue weighted by atomic mass is 16.2. The van der Waals surface area contributed by atoms with Crippen LogP contribution in [0, 0.1) is 0 Å². The molecule has 0 unspecified atom stereocenters. The van der Waals surface area contributed by atoms with Crippen molar-refractivity contribution in [3.05, 3.63) is 29.8 Å². The van der Waals surface area contributed by atoms with Gasteiger partial charge in [-0.15, -0.1) is 0 Å². The minimum Gasteiger partial charge on any atom is -0.399 e. The summed E-state index contributed by atoms with van der Waals surface area (Å²) in [5, 5.41) is 0. The summed E-state index contributed by atoms with van der Waals surface area (Å²) in [4.78, 5) is 14.4. The van der Waals surface area contributed by atoms with E-state index in [4.69, 9.17) is 5.73 Å². The fourth-order valence-electron chi connectivity index (χ4n) is 2.37. The molecule has 0 bridgehead atoms. The van der Waals surface area contributed by atoms with Crippen LogP contribution in [0.15, 0.2) is 24.3 Å². The quantitative estimate of drug-likeness (QED) is 0.766. The average molecular weight is 260 g/mol. The molecule has 0 spiro atoms. The van der Waals surface area contributed by atoms with Crippen LogP contribution in [0.25, 0.3) is 0 Å². The number of aryl methyl sites for hydroxylation is 1. The highest BCUT2D eigenvalue weighted by Crippen LogP contribution is 2.28. The van der Waals surface area contributed by atoms with E-state index in [0.29, 0.717) is 18.4 Å². The molecule has 0 saturated heterocycles. The number of hydrogen-bond donors (Lipinski definition) is 1. The molecule has 1 aromatic carbocycles. The van der Waals surface area contributed by atoms with Crippen molar-refractivity contribution in [3.8, 4) is 0 Å². The van der Waals surface area contributed by atoms with E-state index in [-0.39, 0.29) is 0 Å². The zero-order valence-electron chi connectivity index (χ0n) is 11.8. The summed E-state index contributed by atoms with van der Waals surface area (Å²) in [6, 6.07) is 8.35. The van der Waals surface area contributed by atoms with E-state index in [2.05, 4.69) is 11.8 Å². The van der Waals surface area contributed by atoms with Crippen LogP contribution in [0.5, 0.6) is 0 Å². The van der Waals surface area contributed by atoms with E-state index >= 15 is 0 Å². The molecule has 3 heteroatoms. The lowest BCUT2D eigenvalue weighted by Crippen LogP contribution is -2.34. The first-order chi connectivity index (χ1) is 9.20. The number of nitrogens with two attached hydrogens (primary N) is 1. The summed E-state index contributed by atoms with van der Waals surface area (Å²) >= 11 is 0. The third-order valence-electron chi connectivity index (χ3n) is 3.64. The molecule has 104 valence electrons. The molecule has 3 nitrogen and oxygen atoms in total. The zero-order chi connectivity index (χ0) is 13.7. The molecule has 0 aliphatic heterocycles. The van der Waals surface area contributed by atoms with Crippen LogP contribution in [0.3, 0.4) is 0 Å². The van der Waals surface area contributed by atoms with E-state index in [1.807, 2.05) is 24.3 Å². The third-order valence-corrected chi connectivity index (χ3v) is 3.64. The van der Waals surface area contributed by atoms with Crippen molar-refractivity contribution < 1.29 is 4.79 Å². The molecule has 0 heterocycles. The number of nitrogen functional groups attached to an aromatic ring is 1. The lowest BCUT2D eigenvalue weighted by atomic mass is 10.1. The Kier molecular flexibility index (Phi) is 4.83. The van der Waals surface area contributed by atoms with Gasteiger partial charge in [0, 0.05) is 24.7 Å². The lowest BCUT2D eigenvalue weighted by molar-refractivity contribution is -0.131. The maximum absolute atomic E-state index is 12.3. The molecule has 1 saturated carbocycles. The predicted octanol–water partition coefficient (Wildman–Crippen LogP) is 2.99. The SMILES string of the molecule is CCCCN(C(=O)CCc1cccc(N)c1)C1CC1. The highest BCUT2D eigenvalue weighted by molar-refractivity contribution is 5.77. The standard InChI is InChI=1S/C16H24N2O/c1-2-3-11-18(15-8-9-15)16(19)10-7-13-5-4-6-14(17)12-13/h4-6,12,15H,2-3,7-11,17H2,1H3. The first-order valence-electron chi connectivity index (χ1n) is 7.34. The van der Waals surface area contributed by atoms with Crippen LogP contribution in [0.1, 0.15) is 44.6 Å². The van der Waals surface area contributed by atoms with Crippen molar-refractivity contribution >= 4 is 11.6 Å². The van der Waals surface area contributed by atoms with Gasteiger partial charge in [0.1, 0.15) is 0 Å². The molecule has 0 atom stereocenters. The summed E-state index contributed by atoms with van der Waals surface area (Å²) < 4.78 is 0. The van der Waals surface area contributed by atoms with Crippen LogP contribution in [0.2, 0.25) is 0 Å². The van der Waals surface area contributed by atoms with Crippen molar-refractivity contribution in [3.63, 3.8) is 0 Å². The first kappa shape index (κ1) is 13.9. The zero-order valence-corrected chi connectivity index (χ0v) is 11.8. The minimum atomic E-state index is 0.304. The lowest BCUT2D eigenvalue weighted by Gasteiger charge is -2.22. The molecule has 19 heavy (non-hydrogen) atoms. The van der Waals surface area contributed by atoms with Gasteiger partial charge in [0.05, 0.1) is 0 Å². The number of benzene rings is 1. The van der Waals surface area contributed by atoms with Gasteiger partial charge in [-0.1, -0.05) is 25.5 Å². The molecule has 0 aromatic heterocycles. The third kappa shape index (κ3) is 4.27. The molecule has 0 radical (unpaired) electrons. The summed E-state index contributed by atoms with van der Waals surface area (Å²) in [5.74, 6) is 0.304. The van der Waals surface area contributed by atoms with Gasteiger partial charge >= 0.3 is 0 Å². The molecule has 2 N–H and O–H groups in total. The molecule has 1 aliphatic rings. The van der Waals surface area contributed by atoms with Gasteiger partial charge in [0.25, 0.3) is 0 Å². The van der Waals surface area contributed by atoms with Crippen molar-refractivity contribution in [1.29, 1.82) is 0 Å². The largest absolute Gasteiger partial charge is 0.399 e. The van der Waals surface area contributed by atoms with E-state index in [1.54, 1.807) is 0 Å². The fraction of sp³-hybridized carbons (Fsp3) is 0.562. The van der Waals surface area contributed by atoms with Gasteiger partial charge in [-0.2, -0.15) is 0 Å². The summed E-state index contributed by atoms with van der Waals surface area (Å²) in [6.45, 7) is 3.10. The van der Waals surface area contributed by atoms with Crippen LogP contribution in [-0.2, 0) is 11.2 Å². The fourth-order valence-corrected chi connectivity index (χ4v) is 2.37. The van der Waals surface area contributed by atoms with Gasteiger partial charge in [-0.05, 0) is 43.4 Å². The average Bonchev–Trinajstić information content (AvgIpc) is 3.21. The van der Waals surface area contributed by atoms with E-state index < -0.39 is 0 Å². The van der Waals surface area contributed by atoms with Crippen LogP contribution in [-0.4, -0.2) is 23.4 Å². The van der Waals surface area contributed by atoms with Crippen LogP contribution in [0.4, 0.5) is 5.69 Å². The van der Waals surface area contributed by atoms with Gasteiger partial charge in [0.2, 0.25) is 5.91 Å². The number of nitrogens with zero attached hydrogens (tertiary/aromatic N) is 1. The molecule has 1 fully saturated rings. The Morgan fingerprint density at radius 3 is 2.84 bits per heavy atom. The second-order valence-electron chi connectivity index (χ2n) is 5.42. The second kappa shape index (κ2) is 6.60. The molecule has 1 amide bonds. The van der Waals surface area contributed by atoms with E-state index in [9.17, 15) is 4.79 Å². The Labute approximate surface area is 115 Å². The first-order valence-corrected chi connectivity index (χ1v) is 7.34. The molecular weight excluding hydrogens is 236 g/mol. The minimum absolute atomic E-state index is 0.304. The number of anilines is 1. The monoisotopic (exact) mass is 260 g/mol. The van der Waals surface area contributed by atoms with Crippen molar-refractivity contribution in [2.24, 2.45) is 0 Å². The summed E-state index contributed by atoms with van der Waals surface area (Å²) in [7, 11) is 0. The smallest absolute Gasteiger partial charge is 0.223 e. The number of carbonyl (C=O) groups is 1. The Balaban J connectivity index is 1.85. The van der Waals surface area contributed by atoms with Crippen molar-refractivity contribution in [2.45, 2.75) is 51.5 Å². The molecule has 1 aliphatic carbocycles. The van der Waals surface area contributed by atoms with Crippen molar-refractivity contribution in [1.82, 2.24) is 4.90 Å². The number of rotatable bonds is 7. The number of unbranched alkanes of at least 4 members (excludes halogenated alkanes) is 1. The van der Waals surface area contributed by atoms with Crippen LogP contribution < -0.4 is 5.73 Å². The second-order valence-corrected chi connectivity index (χ2v) is 5.42. The number of hydrogen-bond acceptors (Lipinski definition) is 2. The van der Waals surface area contributed by atoms with Gasteiger partial charge in [-0.25, -0.2) is 0 Å². The van der Waals surface area contributed by atoms with Crippen molar-refractivity contribution in [2.75, 3.05) is 12.3 Å². The molecular formula is C16H24N2O. The predicted molar refractivity (Wildman–Crippen MR) is 78.8 cm³/mol. The summed E-state index contributed by atoms with van der Waals surface area (Å²) in [5.41, 5.74) is 7.68. The Morgan fingerprint density at radius 2 is 2.21 bits per heavy atom. The van der Waals surface area contributed by atoms with E-state index in [1.165, 1.54) is 12.8 Å². The Hall–Kier alpha value is -1.51. The van der Waals surface area contributed by atoms with Gasteiger partial charge in [0.15, 0.2) is 0 Å². The Morgan fingerprint density at radius 1 is 1.42 bits per heavy atom. The maximum atomic E-state index is 12.3. The number of carbonyl (C=O) groups excluding carboxylic acids is 1. The van der Waals surface area contributed by atoms with Crippen LogP contribution >= 0.6 is 0 Å². The Bertz CT molecular complexity index is 427. The summed E-state index contributed by atoms with van der Waals surface area (Å²) in [6.07, 6.45) is 6.02. The highest BCUT2D eigenvalue weighted by Gasteiger charge is 2.31. The normalized spacial score (nSPS) is 14.4. The van der Waals surface area contributed by atoms with Gasteiger partial charge in [-0.3, -0.25) is 4.79 Å². The maximum Gasteiger partial charge on any atom is 0.223 e. The topological polar surface area (TPSA) is 46.3 Å². The van der Waals surface area contributed by atoms with E-state index in [0.717, 1.165) is 37.1 Å². The van der Waals surface area contributed by atoms with Gasteiger partial charge < -0.3 is 10.6 Å². The molecule has 1 aromatic rings. The number of amides is 1. The molecule has 2 rings (SSSR count).